The lowest BCUT2D eigenvalue weighted by Gasteiger charge is -2.07. The topological polar surface area (TPSA) is 29.9 Å². The predicted molar refractivity (Wildman–Crippen MR) is 105 cm³/mol. The first-order chi connectivity index (χ1) is 12.6. The molecule has 0 atom stereocenters. The van der Waals surface area contributed by atoms with E-state index in [1.54, 1.807) is 6.20 Å². The average molecular weight is 339 g/mol. The lowest BCUT2D eigenvalue weighted by atomic mass is 9.96. The molecule has 0 aliphatic carbocycles. The van der Waals surface area contributed by atoms with Crippen LogP contribution in [0.4, 0.5) is 0 Å². The van der Waals surface area contributed by atoms with Crippen molar-refractivity contribution in [2.45, 2.75) is 13.8 Å². The minimum Gasteiger partial charge on any atom is -0.455 e. The van der Waals surface area contributed by atoms with Gasteiger partial charge in [0.2, 0.25) is 5.69 Å². The van der Waals surface area contributed by atoms with E-state index in [-0.39, 0.29) is 0 Å². The van der Waals surface area contributed by atoms with E-state index in [1.165, 1.54) is 21.9 Å². The van der Waals surface area contributed by atoms with Gasteiger partial charge in [-0.25, -0.2) is 0 Å². The molecule has 126 valence electrons. The predicted octanol–water partition coefficient (Wildman–Crippen LogP) is 5.24. The molecule has 0 spiro atoms. The van der Waals surface area contributed by atoms with Crippen LogP contribution in [0.5, 0.6) is 0 Å². The highest BCUT2D eigenvalue weighted by molar-refractivity contribution is 6.13. The van der Waals surface area contributed by atoms with Gasteiger partial charge < -0.3 is 4.42 Å². The van der Waals surface area contributed by atoms with E-state index in [4.69, 9.17) is 4.42 Å². The molecule has 0 radical (unpaired) electrons. The Labute approximate surface area is 151 Å². The Hall–Kier alpha value is -3.20. The summed E-state index contributed by atoms with van der Waals surface area (Å²) in [6.07, 6.45) is 1.80. The molecule has 2 heterocycles. The average Bonchev–Trinajstić information content (AvgIpc) is 2.99. The highest BCUT2D eigenvalue weighted by Crippen LogP contribution is 2.39. The molecule has 0 amide bonds. The fraction of sp³-hybridized carbons (Fsp3) is 0.130. The molecule has 0 saturated heterocycles. The van der Waals surface area contributed by atoms with Crippen LogP contribution in [0.3, 0.4) is 0 Å². The number of fused-ring (bicyclic) bond motifs is 4. The zero-order chi connectivity index (χ0) is 17.8. The minimum atomic E-state index is 0.927. The number of rotatable bonds is 1. The monoisotopic (exact) mass is 339 g/mol. The molecule has 0 bridgehead atoms. The first kappa shape index (κ1) is 15.1. The third-order valence-corrected chi connectivity index (χ3v) is 5.33. The molecule has 5 rings (SSSR count). The van der Waals surface area contributed by atoms with Gasteiger partial charge in [0.15, 0.2) is 7.05 Å². The van der Waals surface area contributed by atoms with Gasteiger partial charge in [-0.1, -0.05) is 28.9 Å². The molecule has 0 aliphatic rings. The molecular formula is C23H19N2O+. The van der Waals surface area contributed by atoms with Crippen molar-refractivity contribution in [2.75, 3.05) is 0 Å². The van der Waals surface area contributed by atoms with E-state index in [0.717, 1.165) is 33.2 Å². The Morgan fingerprint density at radius 2 is 1.65 bits per heavy atom. The summed E-state index contributed by atoms with van der Waals surface area (Å²) in [5.74, 6) is 0. The lowest BCUT2D eigenvalue weighted by molar-refractivity contribution is -0.720. The molecule has 2 aromatic heterocycles. The Morgan fingerprint density at radius 1 is 0.885 bits per heavy atom. The first-order valence-electron chi connectivity index (χ1n) is 8.80. The summed E-state index contributed by atoms with van der Waals surface area (Å²) in [5.41, 5.74) is 6.52. The van der Waals surface area contributed by atoms with Gasteiger partial charge in [0.25, 0.3) is 0 Å². The van der Waals surface area contributed by atoms with Crippen LogP contribution in [0.25, 0.3) is 44.0 Å². The maximum Gasteiger partial charge on any atom is 0.242 e. The fourth-order valence-corrected chi connectivity index (χ4v) is 3.82. The minimum absolute atomic E-state index is 0.927. The summed E-state index contributed by atoms with van der Waals surface area (Å²) in [4.78, 5) is 0. The van der Waals surface area contributed by atoms with Gasteiger partial charge in [-0.05, 0) is 65.1 Å². The van der Waals surface area contributed by atoms with E-state index in [2.05, 4.69) is 67.5 Å². The number of aromatic nitrogens is 2. The van der Waals surface area contributed by atoms with Crippen molar-refractivity contribution < 1.29 is 9.10 Å². The van der Waals surface area contributed by atoms with E-state index < -0.39 is 0 Å². The second-order valence-corrected chi connectivity index (χ2v) is 6.90. The first-order valence-corrected chi connectivity index (χ1v) is 8.80. The standard InChI is InChI=1S/C23H19N2O/c1-14-11-19-18-12-16-7-4-5-8-17(16)13-21(18)26-23(19)22(15(14)2)20-9-6-10-24-25(20)3/h4-13H,1-3H3/q+1. The maximum absolute atomic E-state index is 6.40. The van der Waals surface area contributed by atoms with Crippen LogP contribution < -0.4 is 4.68 Å². The summed E-state index contributed by atoms with van der Waals surface area (Å²) in [5, 5.41) is 9.15. The van der Waals surface area contributed by atoms with E-state index >= 15 is 0 Å². The Bertz CT molecular complexity index is 1310. The number of benzene rings is 3. The molecule has 3 nitrogen and oxygen atoms in total. The van der Waals surface area contributed by atoms with E-state index in [1.807, 2.05) is 17.8 Å². The SMILES string of the molecule is Cc1cc2c(oc3cc4ccccc4cc32)c(-c2cccn[n+]2C)c1C. The highest BCUT2D eigenvalue weighted by atomic mass is 16.3. The van der Waals surface area contributed by atoms with Crippen molar-refractivity contribution in [3.05, 3.63) is 71.9 Å². The van der Waals surface area contributed by atoms with Gasteiger partial charge in [-0.3, -0.25) is 0 Å². The maximum atomic E-state index is 6.40. The zero-order valence-electron chi connectivity index (χ0n) is 15.1. The van der Waals surface area contributed by atoms with Gasteiger partial charge in [-0.15, -0.1) is 0 Å². The molecule has 0 fully saturated rings. The molecule has 0 saturated carbocycles. The molecule has 26 heavy (non-hydrogen) atoms. The number of hydrogen-bond donors (Lipinski definition) is 0. The molecule has 0 unspecified atom stereocenters. The zero-order valence-corrected chi connectivity index (χ0v) is 15.1. The van der Waals surface area contributed by atoms with Crippen molar-refractivity contribution in [3.63, 3.8) is 0 Å². The number of hydrogen-bond acceptors (Lipinski definition) is 2. The summed E-state index contributed by atoms with van der Waals surface area (Å²) in [7, 11) is 1.97. The van der Waals surface area contributed by atoms with Crippen molar-refractivity contribution in [2.24, 2.45) is 7.05 Å². The van der Waals surface area contributed by atoms with Crippen LogP contribution in [0.2, 0.25) is 0 Å². The molecule has 0 aliphatic heterocycles. The van der Waals surface area contributed by atoms with Gasteiger partial charge in [-0.2, -0.15) is 0 Å². The second-order valence-electron chi connectivity index (χ2n) is 6.90. The van der Waals surface area contributed by atoms with Crippen LogP contribution in [0, 0.1) is 13.8 Å². The normalized spacial score (nSPS) is 11.7. The molecular weight excluding hydrogens is 320 g/mol. The van der Waals surface area contributed by atoms with Gasteiger partial charge in [0.05, 0.1) is 11.8 Å². The summed E-state index contributed by atoms with van der Waals surface area (Å²) in [6.45, 7) is 4.31. The van der Waals surface area contributed by atoms with Crippen molar-refractivity contribution in [3.8, 4) is 11.3 Å². The van der Waals surface area contributed by atoms with Crippen molar-refractivity contribution >= 4 is 32.7 Å². The quantitative estimate of drug-likeness (QED) is 0.391. The number of aryl methyl sites for hydroxylation is 2. The third-order valence-electron chi connectivity index (χ3n) is 5.33. The largest absolute Gasteiger partial charge is 0.455 e. The number of furan rings is 1. The Morgan fingerprint density at radius 3 is 2.42 bits per heavy atom. The molecule has 3 aromatic carbocycles. The van der Waals surface area contributed by atoms with Crippen LogP contribution in [-0.2, 0) is 7.05 Å². The van der Waals surface area contributed by atoms with Crippen LogP contribution in [0.15, 0.2) is 65.2 Å². The Balaban J connectivity index is 1.97. The van der Waals surface area contributed by atoms with Gasteiger partial charge in [0.1, 0.15) is 11.2 Å². The molecule has 0 N–H and O–H groups in total. The summed E-state index contributed by atoms with van der Waals surface area (Å²) >= 11 is 0. The third kappa shape index (κ3) is 2.07. The van der Waals surface area contributed by atoms with Crippen molar-refractivity contribution in [1.82, 2.24) is 5.10 Å². The van der Waals surface area contributed by atoms with Crippen LogP contribution >= 0.6 is 0 Å². The van der Waals surface area contributed by atoms with Gasteiger partial charge in [0, 0.05) is 16.8 Å². The lowest BCUT2D eigenvalue weighted by Crippen LogP contribution is -2.35. The molecule has 5 aromatic rings. The fourth-order valence-electron chi connectivity index (χ4n) is 3.82. The van der Waals surface area contributed by atoms with Crippen LogP contribution in [0.1, 0.15) is 11.1 Å². The van der Waals surface area contributed by atoms with Crippen LogP contribution in [-0.4, -0.2) is 5.10 Å². The second kappa shape index (κ2) is 5.40. The van der Waals surface area contributed by atoms with Gasteiger partial charge >= 0.3 is 0 Å². The summed E-state index contributed by atoms with van der Waals surface area (Å²) < 4.78 is 8.30. The smallest absolute Gasteiger partial charge is 0.242 e. The highest BCUT2D eigenvalue weighted by Gasteiger charge is 2.22. The van der Waals surface area contributed by atoms with E-state index in [9.17, 15) is 0 Å². The van der Waals surface area contributed by atoms with Crippen molar-refractivity contribution in [1.29, 1.82) is 0 Å². The Kier molecular flexibility index (Phi) is 3.13. The summed E-state index contributed by atoms with van der Waals surface area (Å²) in [6, 6.07) is 19.1. The molecule has 3 heteroatoms. The van der Waals surface area contributed by atoms with E-state index in [0.29, 0.717) is 0 Å². The number of nitrogens with zero attached hydrogens (tertiary/aromatic N) is 2.